The predicted molar refractivity (Wildman–Crippen MR) is 51.4 cm³/mol. The van der Waals surface area contributed by atoms with Crippen molar-refractivity contribution < 1.29 is 14.0 Å². The molecule has 0 radical (unpaired) electrons. The minimum Gasteiger partial charge on any atom is -0.396 e. The molecule has 0 aliphatic carbocycles. The number of rotatable bonds is 7. The average molecular weight is 192 g/mol. The standard InChI is InChI=1S/C8H20O3Si/c1-4-10-12(6-3,8-7-9)11-5-2/h9H,4-8H2,1-3H3. The third-order valence-electron chi connectivity index (χ3n) is 1.85. The van der Waals surface area contributed by atoms with Crippen molar-refractivity contribution in [1.82, 2.24) is 0 Å². The van der Waals surface area contributed by atoms with E-state index in [4.69, 9.17) is 14.0 Å². The molecule has 4 heteroatoms. The number of aliphatic hydroxyl groups is 1. The van der Waals surface area contributed by atoms with Crippen molar-refractivity contribution in [3.8, 4) is 0 Å². The largest absolute Gasteiger partial charge is 0.396 e. The number of hydrogen-bond donors (Lipinski definition) is 1. The van der Waals surface area contributed by atoms with Gasteiger partial charge in [0.2, 0.25) is 0 Å². The Kier molecular flexibility index (Phi) is 6.65. The average Bonchev–Trinajstić information content (AvgIpc) is 2.06. The maximum atomic E-state index is 8.86. The molecule has 3 nitrogen and oxygen atoms in total. The van der Waals surface area contributed by atoms with E-state index in [0.29, 0.717) is 19.3 Å². The molecule has 0 saturated carbocycles. The molecule has 0 atom stereocenters. The third-order valence-corrected chi connectivity index (χ3v) is 5.54. The van der Waals surface area contributed by atoms with Crippen LogP contribution in [-0.2, 0) is 8.85 Å². The van der Waals surface area contributed by atoms with Crippen LogP contribution in [0.15, 0.2) is 0 Å². The summed E-state index contributed by atoms with van der Waals surface area (Å²) < 4.78 is 11.2. The predicted octanol–water partition coefficient (Wildman–Crippen LogP) is 1.51. The molecule has 0 bridgehead atoms. The fourth-order valence-corrected chi connectivity index (χ4v) is 3.79. The van der Waals surface area contributed by atoms with Gasteiger partial charge in [0.15, 0.2) is 0 Å². The van der Waals surface area contributed by atoms with E-state index in [1.165, 1.54) is 0 Å². The summed E-state index contributed by atoms with van der Waals surface area (Å²) >= 11 is 0. The van der Waals surface area contributed by atoms with Crippen molar-refractivity contribution in [2.45, 2.75) is 32.9 Å². The van der Waals surface area contributed by atoms with Crippen LogP contribution in [0.3, 0.4) is 0 Å². The zero-order valence-corrected chi connectivity index (χ0v) is 9.30. The van der Waals surface area contributed by atoms with Crippen LogP contribution in [0.2, 0.25) is 12.1 Å². The van der Waals surface area contributed by atoms with Gasteiger partial charge in [-0.25, -0.2) is 0 Å². The lowest BCUT2D eigenvalue weighted by Gasteiger charge is -2.27. The van der Waals surface area contributed by atoms with Gasteiger partial charge in [-0.3, -0.25) is 0 Å². The highest BCUT2D eigenvalue weighted by Gasteiger charge is 2.33. The van der Waals surface area contributed by atoms with Crippen molar-refractivity contribution in [1.29, 1.82) is 0 Å². The summed E-state index contributed by atoms with van der Waals surface area (Å²) in [5.74, 6) is 0. The molecular weight excluding hydrogens is 172 g/mol. The first-order valence-electron chi connectivity index (χ1n) is 4.63. The molecule has 0 saturated heterocycles. The Balaban J connectivity index is 4.06. The molecule has 0 fully saturated rings. The first kappa shape index (κ1) is 12.1. The highest BCUT2D eigenvalue weighted by Crippen LogP contribution is 2.17. The van der Waals surface area contributed by atoms with Crippen molar-refractivity contribution in [2.75, 3.05) is 19.8 Å². The van der Waals surface area contributed by atoms with Crippen LogP contribution in [0.1, 0.15) is 20.8 Å². The zero-order valence-electron chi connectivity index (χ0n) is 8.30. The Hall–Kier alpha value is 0.0969. The quantitative estimate of drug-likeness (QED) is 0.621. The Bertz CT molecular complexity index is 91.5. The van der Waals surface area contributed by atoms with Crippen molar-refractivity contribution in [3.63, 3.8) is 0 Å². The number of hydrogen-bond acceptors (Lipinski definition) is 3. The van der Waals surface area contributed by atoms with Crippen LogP contribution in [0.4, 0.5) is 0 Å². The normalized spacial score (nSPS) is 12.0. The van der Waals surface area contributed by atoms with Gasteiger partial charge in [-0.1, -0.05) is 6.92 Å². The minimum absolute atomic E-state index is 0.167. The van der Waals surface area contributed by atoms with Crippen molar-refractivity contribution in [3.05, 3.63) is 0 Å². The zero-order chi connectivity index (χ0) is 9.45. The highest BCUT2D eigenvalue weighted by molar-refractivity contribution is 6.67. The fourth-order valence-electron chi connectivity index (χ4n) is 1.26. The lowest BCUT2D eigenvalue weighted by molar-refractivity contribution is 0.174. The van der Waals surface area contributed by atoms with Gasteiger partial charge in [0.25, 0.3) is 0 Å². The topological polar surface area (TPSA) is 38.7 Å². The summed E-state index contributed by atoms with van der Waals surface area (Å²) in [6, 6.07) is 1.60. The van der Waals surface area contributed by atoms with Gasteiger partial charge in [0.05, 0.1) is 0 Å². The summed E-state index contributed by atoms with van der Waals surface area (Å²) in [4.78, 5) is 0. The molecule has 0 aromatic heterocycles. The Morgan fingerprint density at radius 3 is 1.83 bits per heavy atom. The molecule has 0 aliphatic heterocycles. The van der Waals surface area contributed by atoms with Gasteiger partial charge < -0.3 is 14.0 Å². The van der Waals surface area contributed by atoms with E-state index >= 15 is 0 Å². The van der Waals surface area contributed by atoms with Crippen LogP contribution in [-0.4, -0.2) is 33.5 Å². The number of aliphatic hydroxyl groups excluding tert-OH is 1. The van der Waals surface area contributed by atoms with Crippen LogP contribution < -0.4 is 0 Å². The first-order valence-corrected chi connectivity index (χ1v) is 6.86. The molecule has 0 aromatic carbocycles. The second-order valence-electron chi connectivity index (χ2n) is 2.60. The first-order chi connectivity index (χ1) is 5.74. The fraction of sp³-hybridized carbons (Fsp3) is 1.00. The van der Waals surface area contributed by atoms with Crippen LogP contribution in [0.5, 0.6) is 0 Å². The van der Waals surface area contributed by atoms with E-state index in [1.54, 1.807) is 0 Å². The van der Waals surface area contributed by atoms with E-state index in [-0.39, 0.29) is 6.61 Å². The van der Waals surface area contributed by atoms with Gasteiger partial charge in [-0.2, -0.15) is 0 Å². The second kappa shape index (κ2) is 6.60. The molecule has 0 heterocycles. The Labute approximate surface area is 75.9 Å². The molecule has 1 N–H and O–H groups in total. The van der Waals surface area contributed by atoms with Crippen LogP contribution >= 0.6 is 0 Å². The smallest absolute Gasteiger partial charge is 0.340 e. The molecule has 74 valence electrons. The van der Waals surface area contributed by atoms with Gasteiger partial charge in [-0.05, 0) is 19.9 Å². The van der Waals surface area contributed by atoms with Crippen LogP contribution in [0, 0.1) is 0 Å². The molecule has 0 unspecified atom stereocenters. The SMILES string of the molecule is CCO[Si](CC)(CCO)OCC. The van der Waals surface area contributed by atoms with E-state index in [0.717, 1.165) is 6.04 Å². The monoisotopic (exact) mass is 192 g/mol. The minimum atomic E-state index is -2.02. The molecule has 0 spiro atoms. The van der Waals surface area contributed by atoms with E-state index < -0.39 is 8.56 Å². The van der Waals surface area contributed by atoms with E-state index in [1.807, 2.05) is 13.8 Å². The summed E-state index contributed by atoms with van der Waals surface area (Å²) in [6.45, 7) is 7.52. The molecule has 0 aromatic rings. The summed E-state index contributed by atoms with van der Waals surface area (Å²) in [6.07, 6.45) is 0. The summed E-state index contributed by atoms with van der Waals surface area (Å²) in [5, 5.41) is 8.86. The van der Waals surface area contributed by atoms with E-state index in [2.05, 4.69) is 6.92 Å². The Morgan fingerprint density at radius 2 is 1.58 bits per heavy atom. The van der Waals surface area contributed by atoms with E-state index in [9.17, 15) is 0 Å². The van der Waals surface area contributed by atoms with Crippen LogP contribution in [0.25, 0.3) is 0 Å². The lowest BCUT2D eigenvalue weighted by atomic mass is 10.9. The lowest BCUT2D eigenvalue weighted by Crippen LogP contribution is -2.42. The van der Waals surface area contributed by atoms with Gasteiger partial charge in [0, 0.05) is 25.9 Å². The van der Waals surface area contributed by atoms with Crippen molar-refractivity contribution in [2.24, 2.45) is 0 Å². The molecular formula is C8H20O3Si. The highest BCUT2D eigenvalue weighted by atomic mass is 28.4. The Morgan fingerprint density at radius 1 is 1.08 bits per heavy atom. The summed E-state index contributed by atoms with van der Waals surface area (Å²) in [5.41, 5.74) is 0. The van der Waals surface area contributed by atoms with Gasteiger partial charge >= 0.3 is 8.56 Å². The second-order valence-corrected chi connectivity index (χ2v) is 6.21. The molecule has 0 amide bonds. The third kappa shape index (κ3) is 3.67. The summed E-state index contributed by atoms with van der Waals surface area (Å²) in [7, 11) is -2.02. The van der Waals surface area contributed by atoms with Gasteiger partial charge in [0.1, 0.15) is 0 Å². The maximum Gasteiger partial charge on any atom is 0.340 e. The van der Waals surface area contributed by atoms with Gasteiger partial charge in [-0.15, -0.1) is 0 Å². The maximum absolute atomic E-state index is 8.86. The van der Waals surface area contributed by atoms with Crippen molar-refractivity contribution >= 4 is 8.56 Å². The molecule has 0 aliphatic rings. The molecule has 0 rings (SSSR count). The molecule has 12 heavy (non-hydrogen) atoms.